The Hall–Kier alpha value is -2.54. The molecule has 4 aromatic rings. The van der Waals surface area contributed by atoms with Crippen LogP contribution in [0.4, 0.5) is 5.69 Å². The van der Waals surface area contributed by atoms with Gasteiger partial charge in [0, 0.05) is 32.0 Å². The van der Waals surface area contributed by atoms with Gasteiger partial charge in [0.1, 0.15) is 0 Å². The number of rotatable bonds is 5. The van der Waals surface area contributed by atoms with Crippen molar-refractivity contribution in [1.82, 2.24) is 4.72 Å². The van der Waals surface area contributed by atoms with Crippen molar-refractivity contribution >= 4 is 46.1 Å². The molecule has 0 radical (unpaired) electrons. The molecule has 1 N–H and O–H groups in total. The zero-order chi connectivity index (χ0) is 22.8. The summed E-state index contributed by atoms with van der Waals surface area (Å²) in [6.45, 7) is 2.01. The minimum absolute atomic E-state index is 0.0463. The highest BCUT2D eigenvalue weighted by Crippen LogP contribution is 2.42. The lowest BCUT2D eigenvalue weighted by molar-refractivity contribution is 0.566. The molecule has 164 valence electrons. The van der Waals surface area contributed by atoms with E-state index >= 15 is 0 Å². The highest BCUT2D eigenvalue weighted by atomic mass is 35.5. The van der Waals surface area contributed by atoms with Crippen molar-refractivity contribution in [2.45, 2.75) is 27.7 Å². The highest BCUT2D eigenvalue weighted by Gasteiger charge is 2.22. The van der Waals surface area contributed by atoms with E-state index in [4.69, 9.17) is 16.6 Å². The Balaban J connectivity index is 1.53. The lowest BCUT2D eigenvalue weighted by atomic mass is 10.0. The molecular formula is C27H21ClN2OS2. The second-order valence-electron chi connectivity index (χ2n) is 7.72. The fourth-order valence-electron chi connectivity index (χ4n) is 3.73. The third kappa shape index (κ3) is 4.88. The first-order valence-electron chi connectivity index (χ1n) is 10.6. The van der Waals surface area contributed by atoms with E-state index < -0.39 is 11.4 Å². The number of nitrogens with zero attached hydrogens (tertiary/aromatic N) is 1. The maximum absolute atomic E-state index is 13.1. The Morgan fingerprint density at radius 1 is 0.879 bits per heavy atom. The average molecular weight is 489 g/mol. The summed E-state index contributed by atoms with van der Waals surface area (Å²) in [5, 5.41) is 0.666. The molecule has 0 saturated carbocycles. The summed E-state index contributed by atoms with van der Waals surface area (Å²) in [5.74, 6) is 0. The quantitative estimate of drug-likeness (QED) is 0.263. The van der Waals surface area contributed by atoms with Gasteiger partial charge in [0.25, 0.3) is 0 Å². The van der Waals surface area contributed by atoms with Gasteiger partial charge in [-0.1, -0.05) is 84.0 Å². The van der Waals surface area contributed by atoms with Crippen LogP contribution in [-0.2, 0) is 11.4 Å². The molecule has 2 atom stereocenters. The van der Waals surface area contributed by atoms with Crippen molar-refractivity contribution in [3.63, 3.8) is 0 Å². The molecule has 33 heavy (non-hydrogen) atoms. The monoisotopic (exact) mass is 488 g/mol. The Kier molecular flexibility index (Phi) is 6.58. The maximum atomic E-state index is 13.1. The molecule has 0 fully saturated rings. The van der Waals surface area contributed by atoms with Crippen LogP contribution in [0.5, 0.6) is 0 Å². The summed E-state index contributed by atoms with van der Waals surface area (Å²) in [7, 11) is 0. The van der Waals surface area contributed by atoms with Crippen molar-refractivity contribution in [3.8, 4) is 0 Å². The van der Waals surface area contributed by atoms with Gasteiger partial charge in [-0.2, -0.15) is 0 Å². The second-order valence-corrected chi connectivity index (χ2v) is 10.5. The van der Waals surface area contributed by atoms with E-state index in [-0.39, 0.29) is 6.04 Å². The topological polar surface area (TPSA) is 47.4 Å². The number of halogens is 1. The Morgan fingerprint density at radius 2 is 1.67 bits per heavy atom. The molecular weight excluding hydrogens is 468 g/mol. The Morgan fingerprint density at radius 3 is 2.48 bits per heavy atom. The zero-order valence-corrected chi connectivity index (χ0v) is 20.3. The molecule has 0 amide bonds. The molecule has 6 heteroatoms. The summed E-state index contributed by atoms with van der Waals surface area (Å²) in [6, 6.07) is 31.8. The minimum atomic E-state index is -1.38. The summed E-state index contributed by atoms with van der Waals surface area (Å²) in [4.78, 5) is 7.89. The number of benzene rings is 4. The first-order valence-corrected chi connectivity index (χ1v) is 12.9. The van der Waals surface area contributed by atoms with Gasteiger partial charge < -0.3 is 4.55 Å². The van der Waals surface area contributed by atoms with Gasteiger partial charge in [-0.05, 0) is 42.8 Å². The van der Waals surface area contributed by atoms with E-state index in [1.165, 1.54) is 0 Å². The van der Waals surface area contributed by atoms with E-state index in [0.29, 0.717) is 9.92 Å². The van der Waals surface area contributed by atoms with E-state index in [9.17, 15) is 4.55 Å². The summed E-state index contributed by atoms with van der Waals surface area (Å²) in [5.41, 5.74) is 4.75. The molecule has 1 aliphatic rings. The van der Waals surface area contributed by atoms with Crippen molar-refractivity contribution in [1.29, 1.82) is 0 Å². The standard InChI is InChI=1S/C27H21ClN2OS2/c1-18(19-8-3-2-4-9-19)30-33(31)22-14-15-26-24(17-22)29-27(20-10-7-11-21(28)16-20)23-12-5-6-13-25(23)32-26/h2-18,30H,1H3. The van der Waals surface area contributed by atoms with Crippen molar-refractivity contribution < 1.29 is 4.55 Å². The summed E-state index contributed by atoms with van der Waals surface area (Å²) in [6.07, 6.45) is 0. The molecule has 0 saturated heterocycles. The SMILES string of the molecule is CC(N[S+]([O-])c1ccc2c(c1)N=C(c1cccc(Cl)c1)c1ccccc1S2)c1ccccc1. The fraction of sp³-hybridized carbons (Fsp3) is 0.0741. The lowest BCUT2D eigenvalue weighted by Crippen LogP contribution is -2.26. The first kappa shape index (κ1) is 22.3. The summed E-state index contributed by atoms with van der Waals surface area (Å²) >= 11 is 6.58. The van der Waals surface area contributed by atoms with Gasteiger partial charge >= 0.3 is 0 Å². The van der Waals surface area contributed by atoms with Crippen LogP contribution in [0.15, 0.2) is 117 Å². The number of hydrogen-bond acceptors (Lipinski definition) is 4. The Labute approximate surface area is 206 Å². The molecule has 1 aliphatic heterocycles. The van der Waals surface area contributed by atoms with E-state index in [2.05, 4.69) is 16.9 Å². The number of nitrogens with one attached hydrogen (secondary N) is 1. The highest BCUT2D eigenvalue weighted by molar-refractivity contribution is 7.99. The Bertz CT molecular complexity index is 1330. The maximum Gasteiger partial charge on any atom is 0.176 e. The van der Waals surface area contributed by atoms with Crippen LogP contribution in [0.1, 0.15) is 29.7 Å². The number of fused-ring (bicyclic) bond motifs is 2. The smallest absolute Gasteiger partial charge is 0.176 e. The largest absolute Gasteiger partial charge is 0.593 e. The van der Waals surface area contributed by atoms with Crippen molar-refractivity contribution in [2.24, 2.45) is 4.99 Å². The van der Waals surface area contributed by atoms with Crippen LogP contribution in [-0.4, -0.2) is 10.3 Å². The molecule has 1 heterocycles. The molecule has 4 aromatic carbocycles. The van der Waals surface area contributed by atoms with Gasteiger partial charge in [0.05, 0.1) is 28.8 Å². The molecule has 0 aromatic heterocycles. The van der Waals surface area contributed by atoms with Gasteiger partial charge in [-0.25, -0.2) is 4.99 Å². The predicted molar refractivity (Wildman–Crippen MR) is 138 cm³/mol. The normalized spacial score (nSPS) is 14.5. The molecule has 2 unspecified atom stereocenters. The molecule has 0 bridgehead atoms. The summed E-state index contributed by atoms with van der Waals surface area (Å²) < 4.78 is 16.3. The fourth-order valence-corrected chi connectivity index (χ4v) is 5.93. The third-order valence-corrected chi connectivity index (χ3v) is 8.05. The van der Waals surface area contributed by atoms with E-state index in [0.717, 1.165) is 37.9 Å². The molecule has 5 rings (SSSR count). The van der Waals surface area contributed by atoms with Crippen LogP contribution in [0.3, 0.4) is 0 Å². The van der Waals surface area contributed by atoms with Gasteiger partial charge in [0.2, 0.25) is 0 Å². The van der Waals surface area contributed by atoms with Crippen LogP contribution >= 0.6 is 23.4 Å². The van der Waals surface area contributed by atoms with Crippen LogP contribution in [0.25, 0.3) is 0 Å². The van der Waals surface area contributed by atoms with E-state index in [1.807, 2.05) is 91.9 Å². The van der Waals surface area contributed by atoms with Gasteiger partial charge in [-0.3, -0.25) is 0 Å². The molecule has 0 spiro atoms. The van der Waals surface area contributed by atoms with Crippen molar-refractivity contribution in [2.75, 3.05) is 0 Å². The lowest BCUT2D eigenvalue weighted by Gasteiger charge is -2.17. The van der Waals surface area contributed by atoms with Crippen LogP contribution < -0.4 is 4.72 Å². The number of hydrogen-bond donors (Lipinski definition) is 1. The van der Waals surface area contributed by atoms with Crippen LogP contribution in [0.2, 0.25) is 5.02 Å². The minimum Gasteiger partial charge on any atom is -0.593 e. The predicted octanol–water partition coefficient (Wildman–Crippen LogP) is 7.35. The van der Waals surface area contributed by atoms with Gasteiger partial charge in [0.15, 0.2) is 4.90 Å². The van der Waals surface area contributed by atoms with Gasteiger partial charge in [-0.15, -0.1) is 4.72 Å². The number of aliphatic imine (C=N–C) groups is 1. The van der Waals surface area contributed by atoms with Crippen molar-refractivity contribution in [3.05, 3.63) is 119 Å². The molecule has 0 aliphatic carbocycles. The zero-order valence-electron chi connectivity index (χ0n) is 17.9. The second kappa shape index (κ2) is 9.75. The van der Waals surface area contributed by atoms with Crippen LogP contribution in [0, 0.1) is 0 Å². The van der Waals surface area contributed by atoms with E-state index in [1.54, 1.807) is 11.8 Å². The first-order chi connectivity index (χ1) is 16.1. The average Bonchev–Trinajstić information content (AvgIpc) is 3.01. The molecule has 3 nitrogen and oxygen atoms in total. The third-order valence-electron chi connectivity index (χ3n) is 5.42.